The molecule has 0 saturated carbocycles. The minimum absolute atomic E-state index is 0.465. The number of rotatable bonds is 3. The number of hydrogen-bond acceptors (Lipinski definition) is 6. The number of nitrogens with one attached hydrogen (secondary N) is 2. The third-order valence-electron chi connectivity index (χ3n) is 6.20. The highest BCUT2D eigenvalue weighted by atomic mass is 35.5. The van der Waals surface area contributed by atoms with Gasteiger partial charge in [0.1, 0.15) is 11.6 Å². The van der Waals surface area contributed by atoms with Gasteiger partial charge in [-0.05, 0) is 30.3 Å². The summed E-state index contributed by atoms with van der Waals surface area (Å²) in [5.41, 5.74) is 5.53. The largest absolute Gasteiger partial charge is 0.369 e. The maximum atomic E-state index is 6.51. The van der Waals surface area contributed by atoms with Crippen LogP contribution in [0.2, 0.25) is 5.02 Å². The van der Waals surface area contributed by atoms with Gasteiger partial charge in [0, 0.05) is 72.9 Å². The molecule has 33 heavy (non-hydrogen) atoms. The standard InChI is InChI=1S/C25H24ClN7/c26-22-7-2-1-6-20(22)21-14-17-16-29-25(31-23(17)33-13-10-28-24(21)33)30-18-4-3-5-19(15-18)32-11-8-27-9-12-32/h1-7,14-16,27-28H,8-13H2. The average molecular weight is 458 g/mol. The quantitative estimate of drug-likeness (QED) is 0.490. The van der Waals surface area contributed by atoms with Crippen LogP contribution in [-0.4, -0.2) is 47.3 Å². The molecule has 2 aromatic rings. The lowest BCUT2D eigenvalue weighted by molar-refractivity contribution is 0.589. The highest BCUT2D eigenvalue weighted by molar-refractivity contribution is 6.33. The number of aromatic nitrogens is 3. The second-order valence-corrected chi connectivity index (χ2v) is 8.69. The molecule has 0 spiro atoms. The molecule has 0 bridgehead atoms. The predicted molar refractivity (Wildman–Crippen MR) is 132 cm³/mol. The molecule has 4 aliphatic rings. The van der Waals surface area contributed by atoms with Crippen molar-refractivity contribution < 1.29 is 0 Å². The number of piperazine rings is 1. The first kappa shape index (κ1) is 20.2. The number of hydrogen-bond donors (Lipinski definition) is 2. The molecule has 0 aliphatic carbocycles. The van der Waals surface area contributed by atoms with Crippen LogP contribution in [0.15, 0.2) is 65.8 Å². The van der Waals surface area contributed by atoms with Crippen LogP contribution >= 0.6 is 11.6 Å². The third-order valence-corrected chi connectivity index (χ3v) is 6.53. The first-order valence-electron chi connectivity index (χ1n) is 11.3. The summed E-state index contributed by atoms with van der Waals surface area (Å²) in [5.74, 6) is 1.90. The molecule has 6 rings (SSSR count). The zero-order chi connectivity index (χ0) is 22.2. The van der Waals surface area contributed by atoms with Crippen molar-refractivity contribution in [1.29, 1.82) is 0 Å². The molecule has 0 atom stereocenters. The second kappa shape index (κ2) is 8.50. The topological polar surface area (TPSA) is 70.4 Å². The molecule has 0 radical (unpaired) electrons. The molecule has 8 heteroatoms. The Morgan fingerprint density at radius 3 is 2.67 bits per heavy atom. The van der Waals surface area contributed by atoms with Crippen molar-refractivity contribution in [2.24, 2.45) is 4.99 Å². The summed E-state index contributed by atoms with van der Waals surface area (Å²) >= 11 is 6.51. The summed E-state index contributed by atoms with van der Waals surface area (Å²) in [4.78, 5) is 16.5. The van der Waals surface area contributed by atoms with Gasteiger partial charge in [-0.25, -0.2) is 9.98 Å². The van der Waals surface area contributed by atoms with Crippen molar-refractivity contribution in [3.8, 4) is 22.5 Å². The van der Waals surface area contributed by atoms with Gasteiger partial charge >= 0.3 is 0 Å². The summed E-state index contributed by atoms with van der Waals surface area (Å²) in [6.07, 6.45) is 1.85. The summed E-state index contributed by atoms with van der Waals surface area (Å²) in [7, 11) is 0. The number of nitrogens with zero attached hydrogens (tertiary/aromatic N) is 5. The van der Waals surface area contributed by atoms with Gasteiger partial charge in [-0.2, -0.15) is 4.98 Å². The molecule has 1 saturated heterocycles. The van der Waals surface area contributed by atoms with Crippen LogP contribution in [0.1, 0.15) is 0 Å². The Morgan fingerprint density at radius 2 is 1.79 bits per heavy atom. The molecule has 2 N–H and O–H groups in total. The fourth-order valence-corrected chi connectivity index (χ4v) is 4.83. The van der Waals surface area contributed by atoms with E-state index in [9.17, 15) is 0 Å². The minimum Gasteiger partial charge on any atom is -0.369 e. The van der Waals surface area contributed by atoms with Crippen molar-refractivity contribution in [2.45, 2.75) is 6.54 Å². The van der Waals surface area contributed by atoms with Gasteiger partial charge in [-0.3, -0.25) is 0 Å². The Morgan fingerprint density at radius 1 is 0.909 bits per heavy atom. The highest BCUT2D eigenvalue weighted by Gasteiger charge is 2.23. The lowest BCUT2D eigenvalue weighted by Gasteiger charge is -2.29. The molecule has 4 heterocycles. The molecular weight excluding hydrogens is 434 g/mol. The van der Waals surface area contributed by atoms with E-state index in [0.717, 1.165) is 78.3 Å². The van der Waals surface area contributed by atoms with Crippen LogP contribution in [0.5, 0.6) is 0 Å². The summed E-state index contributed by atoms with van der Waals surface area (Å²) in [6, 6.07) is 18.3. The Hall–Kier alpha value is -3.42. The molecule has 2 aromatic carbocycles. The molecule has 0 amide bonds. The maximum Gasteiger partial charge on any atom is 0.251 e. The molecule has 0 aromatic heterocycles. The molecule has 1 fully saturated rings. The third kappa shape index (κ3) is 3.83. The summed E-state index contributed by atoms with van der Waals surface area (Å²) < 4.78 is 2.20. The molecule has 4 aliphatic heterocycles. The van der Waals surface area contributed by atoms with Crippen molar-refractivity contribution in [3.05, 3.63) is 71.4 Å². The van der Waals surface area contributed by atoms with Gasteiger partial charge in [0.15, 0.2) is 0 Å². The second-order valence-electron chi connectivity index (χ2n) is 8.28. The maximum absolute atomic E-state index is 6.51. The minimum atomic E-state index is 0.465. The van der Waals surface area contributed by atoms with Gasteiger partial charge < -0.3 is 20.1 Å². The van der Waals surface area contributed by atoms with E-state index in [1.807, 2.05) is 42.6 Å². The lowest BCUT2D eigenvalue weighted by Crippen LogP contribution is -2.43. The zero-order valence-corrected chi connectivity index (χ0v) is 18.9. The van der Waals surface area contributed by atoms with Crippen LogP contribution in [0, 0.1) is 0 Å². The Balaban J connectivity index is 1.43. The molecular formula is C25H24ClN7. The van der Waals surface area contributed by atoms with Crippen molar-refractivity contribution in [2.75, 3.05) is 42.9 Å². The van der Waals surface area contributed by atoms with Crippen LogP contribution < -0.4 is 21.2 Å². The first-order valence-corrected chi connectivity index (χ1v) is 11.6. The van der Waals surface area contributed by atoms with Gasteiger partial charge in [0.25, 0.3) is 5.62 Å². The van der Waals surface area contributed by atoms with Crippen LogP contribution in [0.4, 0.5) is 17.2 Å². The average Bonchev–Trinajstić information content (AvgIpc) is 3.35. The fourth-order valence-electron chi connectivity index (χ4n) is 4.60. The van der Waals surface area contributed by atoms with Gasteiger partial charge in [-0.1, -0.05) is 35.9 Å². The van der Waals surface area contributed by atoms with Gasteiger partial charge in [0.2, 0.25) is 0 Å². The number of anilines is 2. The smallest absolute Gasteiger partial charge is 0.251 e. The van der Waals surface area contributed by atoms with Gasteiger partial charge in [0.05, 0.1) is 5.69 Å². The Kier molecular flexibility index (Phi) is 5.20. The zero-order valence-electron chi connectivity index (χ0n) is 18.1. The normalized spacial score (nSPS) is 16.2. The van der Waals surface area contributed by atoms with Crippen molar-refractivity contribution in [3.63, 3.8) is 0 Å². The van der Waals surface area contributed by atoms with Crippen LogP contribution in [-0.2, 0) is 6.54 Å². The van der Waals surface area contributed by atoms with Gasteiger partial charge in [-0.15, -0.1) is 0 Å². The number of fused-ring (bicyclic) bond motifs is 3. The summed E-state index contributed by atoms with van der Waals surface area (Å²) in [5, 5.41) is 7.62. The van der Waals surface area contributed by atoms with E-state index in [-0.39, 0.29) is 0 Å². The first-order chi connectivity index (χ1) is 16.3. The lowest BCUT2D eigenvalue weighted by atomic mass is 10.0. The van der Waals surface area contributed by atoms with Crippen molar-refractivity contribution >= 4 is 28.8 Å². The fraction of sp³-hybridized carbons (Fsp3) is 0.240. The SMILES string of the molecule is Clc1ccccc1-c1cc2cnc(=Nc3cccc(N4CCNCC4)c3)nc-2n2c1NCC2. The van der Waals surface area contributed by atoms with Crippen LogP contribution in [0.3, 0.4) is 0 Å². The van der Waals surface area contributed by atoms with E-state index in [4.69, 9.17) is 21.6 Å². The number of benzene rings is 2. The van der Waals surface area contributed by atoms with Crippen molar-refractivity contribution in [1.82, 2.24) is 19.9 Å². The molecule has 0 unspecified atom stereocenters. The van der Waals surface area contributed by atoms with E-state index in [1.54, 1.807) is 0 Å². The monoisotopic (exact) mass is 457 g/mol. The Bertz CT molecular complexity index is 1360. The molecule has 7 nitrogen and oxygen atoms in total. The molecule has 166 valence electrons. The number of halogens is 1. The van der Waals surface area contributed by atoms with Crippen LogP contribution in [0.25, 0.3) is 22.5 Å². The predicted octanol–water partition coefficient (Wildman–Crippen LogP) is 3.77. The highest BCUT2D eigenvalue weighted by Crippen LogP contribution is 2.39. The Labute approximate surface area is 197 Å². The van der Waals surface area contributed by atoms with E-state index in [2.05, 4.69) is 43.3 Å². The van der Waals surface area contributed by atoms with E-state index < -0.39 is 0 Å². The number of pyridine rings is 1. The summed E-state index contributed by atoms with van der Waals surface area (Å²) in [6.45, 7) is 5.68. The van der Waals surface area contributed by atoms with E-state index in [1.165, 1.54) is 5.69 Å². The van der Waals surface area contributed by atoms with E-state index in [0.29, 0.717) is 5.62 Å². The van der Waals surface area contributed by atoms with E-state index >= 15 is 0 Å².